The summed E-state index contributed by atoms with van der Waals surface area (Å²) in [4.78, 5) is 14.2. The van der Waals surface area contributed by atoms with Gasteiger partial charge in [0.15, 0.2) is 6.29 Å². The van der Waals surface area contributed by atoms with Gasteiger partial charge in [0.2, 0.25) is 5.76 Å². The van der Waals surface area contributed by atoms with Crippen molar-refractivity contribution in [3.8, 4) is 11.1 Å². The van der Waals surface area contributed by atoms with Gasteiger partial charge >= 0.3 is 6.18 Å². The summed E-state index contributed by atoms with van der Waals surface area (Å²) in [6.07, 6.45) is -2.62. The van der Waals surface area contributed by atoms with E-state index in [4.69, 9.17) is 0 Å². The van der Waals surface area contributed by atoms with Gasteiger partial charge in [-0.05, 0) is 19.1 Å². The lowest BCUT2D eigenvalue weighted by Crippen LogP contribution is -2.02. The number of hydrogen-bond acceptors (Lipinski definition) is 3. The molecule has 2 aromatic heterocycles. The molecule has 94 valence electrons. The van der Waals surface area contributed by atoms with Crippen LogP contribution in [0.5, 0.6) is 0 Å². The molecular formula is C12H8F3NO2. The zero-order valence-electron chi connectivity index (χ0n) is 9.28. The fourth-order valence-electron chi connectivity index (χ4n) is 1.54. The van der Waals surface area contributed by atoms with Crippen LogP contribution < -0.4 is 0 Å². The molecule has 0 saturated carbocycles. The molecule has 0 radical (unpaired) electrons. The maximum Gasteiger partial charge on any atom is 0.449 e. The number of rotatable bonds is 2. The van der Waals surface area contributed by atoms with Gasteiger partial charge in [0.1, 0.15) is 11.5 Å². The van der Waals surface area contributed by atoms with Crippen molar-refractivity contribution in [3.05, 3.63) is 41.6 Å². The highest BCUT2D eigenvalue weighted by Crippen LogP contribution is 2.35. The van der Waals surface area contributed by atoms with Crippen LogP contribution in [0.15, 0.2) is 28.8 Å². The molecule has 0 amide bonds. The summed E-state index contributed by atoms with van der Waals surface area (Å²) < 4.78 is 42.0. The first-order chi connectivity index (χ1) is 8.41. The van der Waals surface area contributed by atoms with E-state index in [1.54, 1.807) is 0 Å². The molecule has 0 aliphatic rings. The lowest BCUT2D eigenvalue weighted by Gasteiger charge is -1.99. The van der Waals surface area contributed by atoms with Gasteiger partial charge in [-0.15, -0.1) is 0 Å². The first-order valence-corrected chi connectivity index (χ1v) is 5.01. The summed E-state index contributed by atoms with van der Waals surface area (Å²) in [7, 11) is 0. The topological polar surface area (TPSA) is 43.1 Å². The molecule has 18 heavy (non-hydrogen) atoms. The van der Waals surface area contributed by atoms with Crippen molar-refractivity contribution in [2.45, 2.75) is 13.1 Å². The van der Waals surface area contributed by atoms with Gasteiger partial charge in [0.05, 0.1) is 0 Å². The standard InChI is InChI=1S/C12H8F3NO2/c1-7-10(4-11(18-7)12(13,14)15)8-2-3-9(6-17)16-5-8/h2-6H,1H3. The summed E-state index contributed by atoms with van der Waals surface area (Å²) in [5.74, 6) is -0.891. The Morgan fingerprint density at radius 1 is 1.33 bits per heavy atom. The highest BCUT2D eigenvalue weighted by molar-refractivity contribution is 5.74. The summed E-state index contributed by atoms with van der Waals surface area (Å²) in [6.45, 7) is 1.44. The van der Waals surface area contributed by atoms with E-state index in [-0.39, 0.29) is 11.5 Å². The number of pyridine rings is 1. The number of nitrogens with zero attached hydrogens (tertiary/aromatic N) is 1. The Balaban J connectivity index is 2.44. The predicted molar refractivity (Wildman–Crippen MR) is 57.1 cm³/mol. The maximum absolute atomic E-state index is 12.5. The van der Waals surface area contributed by atoms with Gasteiger partial charge in [0.25, 0.3) is 0 Å². The minimum Gasteiger partial charge on any atom is -0.456 e. The number of carbonyl (C=O) groups is 1. The Morgan fingerprint density at radius 2 is 2.06 bits per heavy atom. The van der Waals surface area contributed by atoms with Crippen molar-refractivity contribution in [1.82, 2.24) is 4.98 Å². The molecule has 6 heteroatoms. The summed E-state index contributed by atoms with van der Waals surface area (Å²) >= 11 is 0. The summed E-state index contributed by atoms with van der Waals surface area (Å²) in [5, 5.41) is 0. The van der Waals surface area contributed by atoms with Crippen LogP contribution in [0.1, 0.15) is 22.0 Å². The van der Waals surface area contributed by atoms with Crippen molar-refractivity contribution < 1.29 is 22.4 Å². The number of hydrogen-bond donors (Lipinski definition) is 0. The molecule has 0 bridgehead atoms. The third-order valence-corrected chi connectivity index (χ3v) is 2.42. The molecule has 0 N–H and O–H groups in total. The van der Waals surface area contributed by atoms with Gasteiger partial charge in [-0.1, -0.05) is 6.07 Å². The molecular weight excluding hydrogens is 247 g/mol. The Labute approximate surface area is 100 Å². The molecule has 0 spiro atoms. The third kappa shape index (κ3) is 2.27. The third-order valence-electron chi connectivity index (χ3n) is 2.42. The molecule has 2 rings (SSSR count). The monoisotopic (exact) mass is 255 g/mol. The van der Waals surface area contributed by atoms with Gasteiger partial charge in [-0.25, -0.2) is 0 Å². The van der Waals surface area contributed by atoms with Crippen LogP contribution >= 0.6 is 0 Å². The van der Waals surface area contributed by atoms with E-state index >= 15 is 0 Å². The Morgan fingerprint density at radius 3 is 2.50 bits per heavy atom. The Kier molecular flexibility index (Phi) is 2.94. The van der Waals surface area contributed by atoms with Gasteiger partial charge in [0, 0.05) is 17.3 Å². The van der Waals surface area contributed by atoms with Crippen LogP contribution in [0.3, 0.4) is 0 Å². The van der Waals surface area contributed by atoms with Gasteiger partial charge < -0.3 is 4.42 Å². The number of furan rings is 1. The highest BCUT2D eigenvalue weighted by atomic mass is 19.4. The molecule has 0 aliphatic carbocycles. The van der Waals surface area contributed by atoms with E-state index in [1.165, 1.54) is 25.3 Å². The van der Waals surface area contributed by atoms with Gasteiger partial charge in [-0.2, -0.15) is 13.2 Å². The average Bonchev–Trinajstić information content (AvgIpc) is 2.71. The van der Waals surface area contributed by atoms with Crippen LogP contribution in [0.25, 0.3) is 11.1 Å². The van der Waals surface area contributed by atoms with Gasteiger partial charge in [-0.3, -0.25) is 9.78 Å². The van der Waals surface area contributed by atoms with Crippen molar-refractivity contribution in [2.75, 3.05) is 0 Å². The number of carbonyl (C=O) groups excluding carboxylic acids is 1. The summed E-state index contributed by atoms with van der Waals surface area (Å²) in [6, 6.07) is 3.88. The van der Waals surface area contributed by atoms with E-state index in [0.717, 1.165) is 6.07 Å². The molecule has 0 unspecified atom stereocenters. The smallest absolute Gasteiger partial charge is 0.449 e. The normalized spacial score (nSPS) is 11.6. The van der Waals surface area contributed by atoms with E-state index in [0.29, 0.717) is 17.4 Å². The molecule has 0 saturated heterocycles. The summed E-state index contributed by atoms with van der Waals surface area (Å²) in [5.41, 5.74) is 1.00. The van der Waals surface area contributed by atoms with E-state index in [9.17, 15) is 18.0 Å². The Bertz CT molecular complexity index is 570. The van der Waals surface area contributed by atoms with Crippen molar-refractivity contribution >= 4 is 6.29 Å². The maximum atomic E-state index is 12.5. The number of alkyl halides is 3. The quantitative estimate of drug-likeness (QED) is 0.771. The molecule has 0 atom stereocenters. The zero-order chi connectivity index (χ0) is 13.3. The molecule has 0 fully saturated rings. The average molecular weight is 255 g/mol. The number of aldehydes is 1. The number of aryl methyl sites for hydroxylation is 1. The highest BCUT2D eigenvalue weighted by Gasteiger charge is 2.35. The SMILES string of the molecule is Cc1oc(C(F)(F)F)cc1-c1ccc(C=O)nc1. The molecule has 2 heterocycles. The fraction of sp³-hybridized carbons (Fsp3) is 0.167. The van der Waals surface area contributed by atoms with Crippen molar-refractivity contribution in [1.29, 1.82) is 0 Å². The zero-order valence-corrected chi connectivity index (χ0v) is 9.28. The van der Waals surface area contributed by atoms with Crippen molar-refractivity contribution in [2.24, 2.45) is 0 Å². The first kappa shape index (κ1) is 12.3. The van der Waals surface area contributed by atoms with E-state index < -0.39 is 11.9 Å². The minimum absolute atomic E-state index is 0.156. The largest absolute Gasteiger partial charge is 0.456 e. The van der Waals surface area contributed by atoms with E-state index in [1.807, 2.05) is 0 Å². The molecule has 3 nitrogen and oxygen atoms in total. The fourth-order valence-corrected chi connectivity index (χ4v) is 1.54. The minimum atomic E-state index is -4.51. The Hall–Kier alpha value is -2.11. The molecule has 0 aliphatic heterocycles. The molecule has 0 aromatic carbocycles. The van der Waals surface area contributed by atoms with E-state index in [2.05, 4.69) is 9.40 Å². The van der Waals surface area contributed by atoms with Crippen LogP contribution in [-0.4, -0.2) is 11.3 Å². The molecule has 2 aromatic rings. The van der Waals surface area contributed by atoms with Crippen LogP contribution in [0.4, 0.5) is 13.2 Å². The van der Waals surface area contributed by atoms with Crippen molar-refractivity contribution in [3.63, 3.8) is 0 Å². The van der Waals surface area contributed by atoms with Crippen LogP contribution in [-0.2, 0) is 6.18 Å². The number of aromatic nitrogens is 1. The lowest BCUT2D eigenvalue weighted by atomic mass is 10.1. The first-order valence-electron chi connectivity index (χ1n) is 5.01. The van der Waals surface area contributed by atoms with Crippen LogP contribution in [0, 0.1) is 6.92 Å². The van der Waals surface area contributed by atoms with Crippen LogP contribution in [0.2, 0.25) is 0 Å². The number of halogens is 3. The second-order valence-corrected chi connectivity index (χ2v) is 3.67. The lowest BCUT2D eigenvalue weighted by molar-refractivity contribution is -0.153. The second kappa shape index (κ2) is 4.29. The predicted octanol–water partition coefficient (Wildman–Crippen LogP) is 3.48. The second-order valence-electron chi connectivity index (χ2n) is 3.67.